The average molecular weight is 372 g/mol. The minimum absolute atomic E-state index is 0.00429. The van der Waals surface area contributed by atoms with E-state index in [1.54, 1.807) is 0 Å². The maximum absolute atomic E-state index is 12.4. The summed E-state index contributed by atoms with van der Waals surface area (Å²) in [6, 6.07) is 14.4. The molecule has 0 aromatic heterocycles. The van der Waals surface area contributed by atoms with E-state index in [9.17, 15) is 4.79 Å². The zero-order valence-corrected chi connectivity index (χ0v) is 16.2. The van der Waals surface area contributed by atoms with E-state index in [1.807, 2.05) is 32.0 Å². The van der Waals surface area contributed by atoms with Crippen molar-refractivity contribution in [1.29, 1.82) is 0 Å². The smallest absolute Gasteiger partial charge is 0.238 e. The number of halogens is 1. The molecule has 0 spiro atoms. The van der Waals surface area contributed by atoms with Crippen molar-refractivity contribution in [2.24, 2.45) is 0 Å². The predicted molar refractivity (Wildman–Crippen MR) is 108 cm³/mol. The first-order chi connectivity index (χ1) is 12.5. The number of anilines is 1. The van der Waals surface area contributed by atoms with Crippen molar-refractivity contribution in [3.63, 3.8) is 0 Å². The second kappa shape index (κ2) is 8.67. The van der Waals surface area contributed by atoms with Crippen LogP contribution in [0.3, 0.4) is 0 Å². The van der Waals surface area contributed by atoms with Crippen molar-refractivity contribution in [2.45, 2.75) is 20.4 Å². The van der Waals surface area contributed by atoms with Crippen LogP contribution in [-0.4, -0.2) is 48.4 Å². The molecule has 2 aromatic rings. The van der Waals surface area contributed by atoms with E-state index in [1.165, 1.54) is 5.56 Å². The summed E-state index contributed by atoms with van der Waals surface area (Å²) >= 11 is 6.28. The van der Waals surface area contributed by atoms with Gasteiger partial charge in [-0.1, -0.05) is 48.0 Å². The Morgan fingerprint density at radius 3 is 2.35 bits per heavy atom. The van der Waals surface area contributed by atoms with E-state index in [-0.39, 0.29) is 5.91 Å². The molecular weight excluding hydrogens is 346 g/mol. The van der Waals surface area contributed by atoms with Gasteiger partial charge in [0, 0.05) is 32.7 Å². The number of rotatable bonds is 5. The number of hydrogen-bond donors (Lipinski definition) is 1. The van der Waals surface area contributed by atoms with Crippen LogP contribution in [0, 0.1) is 13.8 Å². The molecule has 0 bridgehead atoms. The topological polar surface area (TPSA) is 35.6 Å². The lowest BCUT2D eigenvalue weighted by molar-refractivity contribution is -0.117. The summed E-state index contributed by atoms with van der Waals surface area (Å²) in [6.45, 7) is 9.11. The molecule has 2 aromatic carbocycles. The Balaban J connectivity index is 1.48. The Kier molecular flexibility index (Phi) is 6.30. The van der Waals surface area contributed by atoms with Gasteiger partial charge in [-0.15, -0.1) is 0 Å². The maximum Gasteiger partial charge on any atom is 0.238 e. The molecule has 1 fully saturated rings. The van der Waals surface area contributed by atoms with Crippen LogP contribution in [0.1, 0.15) is 16.7 Å². The first-order valence-corrected chi connectivity index (χ1v) is 9.44. The lowest BCUT2D eigenvalue weighted by Gasteiger charge is -2.34. The molecule has 1 saturated heterocycles. The van der Waals surface area contributed by atoms with Gasteiger partial charge >= 0.3 is 0 Å². The molecule has 26 heavy (non-hydrogen) atoms. The summed E-state index contributed by atoms with van der Waals surface area (Å²) in [5, 5.41) is 3.58. The molecule has 0 saturated carbocycles. The van der Waals surface area contributed by atoms with E-state index in [2.05, 4.69) is 39.4 Å². The van der Waals surface area contributed by atoms with Gasteiger partial charge < -0.3 is 5.32 Å². The molecule has 0 radical (unpaired) electrons. The SMILES string of the molecule is Cc1cc(C)c(NC(=O)CN2CCN(Cc3ccccc3)CC2)c(Cl)c1. The number of benzene rings is 2. The monoisotopic (exact) mass is 371 g/mol. The number of amides is 1. The fourth-order valence-electron chi connectivity index (χ4n) is 3.40. The van der Waals surface area contributed by atoms with Gasteiger partial charge in [0.1, 0.15) is 0 Å². The zero-order chi connectivity index (χ0) is 18.5. The highest BCUT2D eigenvalue weighted by molar-refractivity contribution is 6.34. The predicted octanol–water partition coefficient (Wildman–Crippen LogP) is 3.71. The molecule has 1 N–H and O–H groups in total. The third-order valence-corrected chi connectivity index (χ3v) is 5.08. The maximum atomic E-state index is 12.4. The number of carbonyl (C=O) groups excluding carboxylic acids is 1. The number of hydrogen-bond acceptors (Lipinski definition) is 3. The van der Waals surface area contributed by atoms with Gasteiger partial charge in [-0.05, 0) is 36.6 Å². The lowest BCUT2D eigenvalue weighted by atomic mass is 10.1. The van der Waals surface area contributed by atoms with Gasteiger partial charge in [0.25, 0.3) is 0 Å². The van der Waals surface area contributed by atoms with Crippen LogP contribution in [-0.2, 0) is 11.3 Å². The van der Waals surface area contributed by atoms with E-state index >= 15 is 0 Å². The minimum Gasteiger partial charge on any atom is -0.323 e. The van der Waals surface area contributed by atoms with Gasteiger partial charge in [-0.25, -0.2) is 0 Å². The third kappa shape index (κ3) is 5.07. The van der Waals surface area contributed by atoms with Crippen LogP contribution in [0.5, 0.6) is 0 Å². The van der Waals surface area contributed by atoms with Crippen LogP contribution in [0.4, 0.5) is 5.69 Å². The second-order valence-electron chi connectivity index (χ2n) is 7.02. The van der Waals surface area contributed by atoms with Gasteiger partial charge in [-0.2, -0.15) is 0 Å². The Labute approximate surface area is 160 Å². The molecule has 1 aliphatic heterocycles. The summed E-state index contributed by atoms with van der Waals surface area (Å²) in [7, 11) is 0. The molecule has 1 amide bonds. The Hall–Kier alpha value is -1.88. The van der Waals surface area contributed by atoms with Crippen molar-refractivity contribution < 1.29 is 4.79 Å². The van der Waals surface area contributed by atoms with E-state index in [0.29, 0.717) is 11.6 Å². The molecule has 5 heteroatoms. The van der Waals surface area contributed by atoms with Gasteiger partial charge in [0.05, 0.1) is 17.3 Å². The fraction of sp³-hybridized carbons (Fsp3) is 0.381. The molecular formula is C21H26ClN3O. The van der Waals surface area contributed by atoms with Gasteiger partial charge in [-0.3, -0.25) is 14.6 Å². The van der Waals surface area contributed by atoms with Crippen LogP contribution < -0.4 is 5.32 Å². The molecule has 1 heterocycles. The normalized spacial score (nSPS) is 15.8. The molecule has 138 valence electrons. The number of piperazine rings is 1. The first kappa shape index (κ1) is 18.9. The highest BCUT2D eigenvalue weighted by atomic mass is 35.5. The van der Waals surface area contributed by atoms with Crippen molar-refractivity contribution in [2.75, 3.05) is 38.0 Å². The van der Waals surface area contributed by atoms with Crippen LogP contribution in [0.15, 0.2) is 42.5 Å². The van der Waals surface area contributed by atoms with Crippen molar-refractivity contribution in [3.05, 3.63) is 64.2 Å². The summed E-state index contributed by atoms with van der Waals surface area (Å²) in [6.07, 6.45) is 0. The molecule has 0 atom stereocenters. The molecule has 0 aliphatic carbocycles. The lowest BCUT2D eigenvalue weighted by Crippen LogP contribution is -2.48. The van der Waals surface area contributed by atoms with Crippen LogP contribution in [0.25, 0.3) is 0 Å². The van der Waals surface area contributed by atoms with Crippen LogP contribution in [0.2, 0.25) is 5.02 Å². The first-order valence-electron chi connectivity index (χ1n) is 9.06. The summed E-state index contributed by atoms with van der Waals surface area (Å²) in [5.74, 6) is -0.00429. The largest absolute Gasteiger partial charge is 0.323 e. The Morgan fingerprint density at radius 1 is 1.04 bits per heavy atom. The highest BCUT2D eigenvalue weighted by Crippen LogP contribution is 2.27. The van der Waals surface area contributed by atoms with E-state index in [0.717, 1.165) is 49.5 Å². The van der Waals surface area contributed by atoms with Crippen LogP contribution >= 0.6 is 11.6 Å². The van der Waals surface area contributed by atoms with Gasteiger partial charge in [0.2, 0.25) is 5.91 Å². The average Bonchev–Trinajstić information content (AvgIpc) is 2.61. The standard InChI is InChI=1S/C21H26ClN3O/c1-16-12-17(2)21(19(22)13-16)23-20(26)15-25-10-8-24(9-11-25)14-18-6-4-3-5-7-18/h3-7,12-13H,8-11,14-15H2,1-2H3,(H,23,26). The zero-order valence-electron chi connectivity index (χ0n) is 15.5. The number of nitrogens with one attached hydrogen (secondary N) is 1. The Bertz CT molecular complexity index is 732. The minimum atomic E-state index is -0.00429. The summed E-state index contributed by atoms with van der Waals surface area (Å²) < 4.78 is 0. The fourth-order valence-corrected chi connectivity index (χ4v) is 3.77. The summed E-state index contributed by atoms with van der Waals surface area (Å²) in [4.78, 5) is 17.1. The Morgan fingerprint density at radius 2 is 1.69 bits per heavy atom. The number of carbonyl (C=O) groups is 1. The van der Waals surface area contributed by atoms with E-state index < -0.39 is 0 Å². The van der Waals surface area contributed by atoms with E-state index in [4.69, 9.17) is 11.6 Å². The van der Waals surface area contributed by atoms with Crippen molar-refractivity contribution in [1.82, 2.24) is 9.80 Å². The number of nitrogens with zero attached hydrogens (tertiary/aromatic N) is 2. The molecule has 3 rings (SSSR count). The second-order valence-corrected chi connectivity index (χ2v) is 7.43. The van der Waals surface area contributed by atoms with Crippen molar-refractivity contribution in [3.8, 4) is 0 Å². The highest BCUT2D eigenvalue weighted by Gasteiger charge is 2.19. The molecule has 1 aliphatic rings. The van der Waals surface area contributed by atoms with Crippen molar-refractivity contribution >= 4 is 23.2 Å². The quantitative estimate of drug-likeness (QED) is 0.870. The third-order valence-electron chi connectivity index (χ3n) is 4.78. The number of aryl methyl sites for hydroxylation is 2. The van der Waals surface area contributed by atoms with Gasteiger partial charge in [0.15, 0.2) is 0 Å². The molecule has 0 unspecified atom stereocenters. The molecule has 4 nitrogen and oxygen atoms in total. The summed E-state index contributed by atoms with van der Waals surface area (Å²) in [5.41, 5.74) is 4.16.